The smallest absolute Gasteiger partial charge is 0.229 e. The Morgan fingerprint density at radius 2 is 1.77 bits per heavy atom. The van der Waals surface area contributed by atoms with Gasteiger partial charge in [-0.3, -0.25) is 4.90 Å². The summed E-state index contributed by atoms with van der Waals surface area (Å²) in [7, 11) is 0. The number of ether oxygens (including phenoxy) is 2. The van der Waals surface area contributed by atoms with Crippen molar-refractivity contribution in [1.82, 2.24) is 10.2 Å². The molecule has 4 nitrogen and oxygen atoms in total. The van der Waals surface area contributed by atoms with E-state index in [9.17, 15) is 0 Å². The fraction of sp³-hybridized carbons (Fsp3) is 0.500. The normalized spacial score (nSPS) is 17.8. The maximum Gasteiger partial charge on any atom is 0.229 e. The Balaban J connectivity index is 0.00000121. The minimum atomic E-state index is 0. The van der Waals surface area contributed by atoms with Gasteiger partial charge in [-0.15, -0.1) is 24.8 Å². The first-order valence-electron chi connectivity index (χ1n) is 7.34. The van der Waals surface area contributed by atoms with E-state index in [0.717, 1.165) is 31.9 Å². The summed E-state index contributed by atoms with van der Waals surface area (Å²) in [5, 5.41) is 3.43. The average molecular weight is 347 g/mol. The lowest BCUT2D eigenvalue weighted by Gasteiger charge is -2.34. The van der Waals surface area contributed by atoms with Crippen LogP contribution in [0.4, 0.5) is 0 Å². The zero-order valence-electron chi connectivity index (χ0n) is 12.6. The van der Waals surface area contributed by atoms with Crippen molar-refractivity contribution in [3.8, 4) is 0 Å². The summed E-state index contributed by atoms with van der Waals surface area (Å²) >= 11 is 0. The first kappa shape index (κ1) is 19.1. The number of hydrogen-bond acceptors (Lipinski definition) is 4. The highest BCUT2D eigenvalue weighted by atomic mass is 35.5. The quantitative estimate of drug-likeness (QED) is 0.888. The van der Waals surface area contributed by atoms with E-state index >= 15 is 0 Å². The van der Waals surface area contributed by atoms with Gasteiger partial charge >= 0.3 is 0 Å². The van der Waals surface area contributed by atoms with Gasteiger partial charge in [-0.05, 0) is 31.5 Å². The molecule has 3 rings (SSSR count). The molecule has 0 saturated carbocycles. The van der Waals surface area contributed by atoms with E-state index in [1.165, 1.54) is 18.4 Å². The summed E-state index contributed by atoms with van der Waals surface area (Å²) in [4.78, 5) is 2.51. The molecular formula is C16H24Cl2N2O2. The van der Waals surface area contributed by atoms with Gasteiger partial charge in [0, 0.05) is 12.6 Å². The third-order valence-corrected chi connectivity index (χ3v) is 3.94. The molecule has 0 spiro atoms. The standard InChI is InChI=1S/C16H22N2O2.2ClH/c1-2-4-14(5-3-1)10-18(11-16-12-19-13-20-16)15-6-8-17-9-7-15;;/h1-5,12,15,17H,6-11,13H2;2*1H. The Bertz CT molecular complexity index is 451. The van der Waals surface area contributed by atoms with Gasteiger partial charge in [0.05, 0.1) is 6.54 Å². The van der Waals surface area contributed by atoms with E-state index in [2.05, 4.69) is 40.5 Å². The van der Waals surface area contributed by atoms with Crippen molar-refractivity contribution in [2.75, 3.05) is 26.4 Å². The maximum atomic E-state index is 5.49. The van der Waals surface area contributed by atoms with Crippen LogP contribution in [0.3, 0.4) is 0 Å². The van der Waals surface area contributed by atoms with Gasteiger partial charge in [0.25, 0.3) is 0 Å². The molecule has 0 aromatic heterocycles. The topological polar surface area (TPSA) is 33.7 Å². The first-order chi connectivity index (χ1) is 9.92. The molecule has 2 aliphatic rings. The molecule has 1 saturated heterocycles. The second-order valence-electron chi connectivity index (χ2n) is 5.38. The second-order valence-corrected chi connectivity index (χ2v) is 5.38. The summed E-state index contributed by atoms with van der Waals surface area (Å²) in [5.74, 6) is 0.944. The third-order valence-electron chi connectivity index (χ3n) is 3.94. The van der Waals surface area contributed by atoms with Crippen molar-refractivity contribution in [2.45, 2.75) is 25.4 Å². The number of piperidine rings is 1. The summed E-state index contributed by atoms with van der Waals surface area (Å²) in [6.45, 7) is 4.37. The van der Waals surface area contributed by atoms with E-state index in [0.29, 0.717) is 12.8 Å². The van der Waals surface area contributed by atoms with Crippen LogP contribution in [0.2, 0.25) is 0 Å². The highest BCUT2D eigenvalue weighted by molar-refractivity contribution is 5.85. The SMILES string of the molecule is C1=C(CN(Cc2ccccc2)C2CCNCC2)OCO1.Cl.Cl. The van der Waals surface area contributed by atoms with Gasteiger partial charge in [-0.25, -0.2) is 0 Å². The number of nitrogens with zero attached hydrogens (tertiary/aromatic N) is 1. The van der Waals surface area contributed by atoms with Crippen molar-refractivity contribution in [3.63, 3.8) is 0 Å². The molecule has 6 heteroatoms. The van der Waals surface area contributed by atoms with Gasteiger partial charge in [-0.1, -0.05) is 30.3 Å². The summed E-state index contributed by atoms with van der Waals surface area (Å²) < 4.78 is 10.7. The summed E-state index contributed by atoms with van der Waals surface area (Å²) in [6.07, 6.45) is 4.14. The zero-order valence-corrected chi connectivity index (χ0v) is 14.2. The molecule has 2 heterocycles. The Kier molecular flexibility index (Phi) is 8.64. The van der Waals surface area contributed by atoms with Crippen LogP contribution in [-0.4, -0.2) is 37.4 Å². The fourth-order valence-corrected chi connectivity index (χ4v) is 2.86. The minimum absolute atomic E-state index is 0. The van der Waals surface area contributed by atoms with E-state index < -0.39 is 0 Å². The second kappa shape index (κ2) is 9.95. The Hall–Kier alpha value is -0.940. The van der Waals surface area contributed by atoms with Crippen LogP contribution in [0, 0.1) is 0 Å². The molecule has 2 aliphatic heterocycles. The fourth-order valence-electron chi connectivity index (χ4n) is 2.86. The lowest BCUT2D eigenvalue weighted by molar-refractivity contribution is 0.0648. The van der Waals surface area contributed by atoms with Crippen molar-refractivity contribution >= 4 is 24.8 Å². The molecular weight excluding hydrogens is 323 g/mol. The molecule has 0 bridgehead atoms. The van der Waals surface area contributed by atoms with E-state index in [1.54, 1.807) is 6.26 Å². The number of halogens is 2. The van der Waals surface area contributed by atoms with Crippen molar-refractivity contribution in [2.24, 2.45) is 0 Å². The summed E-state index contributed by atoms with van der Waals surface area (Å²) in [5.41, 5.74) is 1.35. The number of nitrogens with one attached hydrogen (secondary N) is 1. The molecule has 0 aliphatic carbocycles. The largest absolute Gasteiger partial charge is 0.462 e. The minimum Gasteiger partial charge on any atom is -0.462 e. The first-order valence-corrected chi connectivity index (χ1v) is 7.34. The molecule has 1 aromatic carbocycles. The molecule has 124 valence electrons. The summed E-state index contributed by atoms with van der Waals surface area (Å²) in [6, 6.07) is 11.3. The number of rotatable bonds is 5. The predicted molar refractivity (Wildman–Crippen MR) is 92.4 cm³/mol. The van der Waals surface area contributed by atoms with E-state index in [-0.39, 0.29) is 24.8 Å². The molecule has 0 amide bonds. The lowest BCUT2D eigenvalue weighted by atomic mass is 10.0. The van der Waals surface area contributed by atoms with Crippen LogP contribution in [0.25, 0.3) is 0 Å². The molecule has 1 fully saturated rings. The highest BCUT2D eigenvalue weighted by Gasteiger charge is 2.23. The van der Waals surface area contributed by atoms with E-state index in [1.807, 2.05) is 0 Å². The Morgan fingerprint density at radius 3 is 2.41 bits per heavy atom. The molecule has 1 N–H and O–H groups in total. The zero-order chi connectivity index (χ0) is 13.6. The molecule has 0 atom stereocenters. The molecule has 1 aromatic rings. The molecule has 22 heavy (non-hydrogen) atoms. The molecule has 0 radical (unpaired) electrons. The van der Waals surface area contributed by atoms with Crippen LogP contribution in [0.1, 0.15) is 18.4 Å². The average Bonchev–Trinajstić information content (AvgIpc) is 3.02. The van der Waals surface area contributed by atoms with Crippen LogP contribution >= 0.6 is 24.8 Å². The third kappa shape index (κ3) is 5.36. The molecule has 0 unspecified atom stereocenters. The van der Waals surface area contributed by atoms with Crippen molar-refractivity contribution in [3.05, 3.63) is 47.9 Å². The number of benzene rings is 1. The van der Waals surface area contributed by atoms with Crippen LogP contribution in [0.15, 0.2) is 42.4 Å². The lowest BCUT2D eigenvalue weighted by Crippen LogP contribution is -2.43. The van der Waals surface area contributed by atoms with Gasteiger partial charge < -0.3 is 14.8 Å². The van der Waals surface area contributed by atoms with Crippen molar-refractivity contribution < 1.29 is 9.47 Å². The van der Waals surface area contributed by atoms with Crippen LogP contribution < -0.4 is 5.32 Å². The number of hydrogen-bond donors (Lipinski definition) is 1. The van der Waals surface area contributed by atoms with Crippen molar-refractivity contribution in [1.29, 1.82) is 0 Å². The van der Waals surface area contributed by atoms with Crippen LogP contribution in [0.5, 0.6) is 0 Å². The van der Waals surface area contributed by atoms with Gasteiger partial charge in [0.15, 0.2) is 0 Å². The van der Waals surface area contributed by atoms with Gasteiger partial charge in [0.1, 0.15) is 12.0 Å². The maximum absolute atomic E-state index is 5.49. The van der Waals surface area contributed by atoms with E-state index in [4.69, 9.17) is 9.47 Å². The Labute approximate surface area is 144 Å². The van der Waals surface area contributed by atoms with Gasteiger partial charge in [-0.2, -0.15) is 0 Å². The monoisotopic (exact) mass is 346 g/mol. The Morgan fingerprint density at radius 1 is 1.05 bits per heavy atom. The van der Waals surface area contributed by atoms with Gasteiger partial charge in [0.2, 0.25) is 6.79 Å². The van der Waals surface area contributed by atoms with Crippen LogP contribution in [-0.2, 0) is 16.0 Å². The predicted octanol–water partition coefficient (Wildman–Crippen LogP) is 2.93. The highest BCUT2D eigenvalue weighted by Crippen LogP contribution is 2.19.